The zero-order valence-corrected chi connectivity index (χ0v) is 18.2. The van der Waals surface area contributed by atoms with Gasteiger partial charge in [-0.05, 0) is 45.7 Å². The normalized spacial score (nSPS) is 20.4. The van der Waals surface area contributed by atoms with E-state index in [0.717, 1.165) is 12.1 Å². The molecule has 0 spiro atoms. The quantitative estimate of drug-likeness (QED) is 0.786. The standard InChI is InChI=1S/C21H27F2N3O3S/c1-21(2,3)24-18(27)17-11-30-12-26(17)19(28)13-6-8-25(9-7-13)20(29)15-5-4-14(22)10-16(15)23/h4-5,10,13,17H,6-9,11-12H2,1-3H3,(H,24,27). The van der Waals surface area contributed by atoms with Gasteiger partial charge in [0.25, 0.3) is 5.91 Å². The van der Waals surface area contributed by atoms with Crippen LogP contribution in [0.4, 0.5) is 8.78 Å². The van der Waals surface area contributed by atoms with E-state index in [1.165, 1.54) is 4.90 Å². The smallest absolute Gasteiger partial charge is 0.256 e. The van der Waals surface area contributed by atoms with Crippen molar-refractivity contribution < 1.29 is 23.2 Å². The Morgan fingerprint density at radius 1 is 1.13 bits per heavy atom. The topological polar surface area (TPSA) is 69.7 Å². The number of hydrogen-bond donors (Lipinski definition) is 1. The van der Waals surface area contributed by atoms with E-state index in [0.29, 0.717) is 43.6 Å². The SMILES string of the molecule is CC(C)(C)NC(=O)C1CSCN1C(=O)C1CCN(C(=O)c2ccc(F)cc2F)CC1. The van der Waals surface area contributed by atoms with Crippen molar-refractivity contribution in [3.8, 4) is 0 Å². The summed E-state index contributed by atoms with van der Waals surface area (Å²) in [6.07, 6.45) is 0.893. The second-order valence-electron chi connectivity index (χ2n) is 8.75. The lowest BCUT2D eigenvalue weighted by Crippen LogP contribution is -2.54. The van der Waals surface area contributed by atoms with E-state index in [2.05, 4.69) is 5.32 Å². The number of carbonyl (C=O) groups excluding carboxylic acids is 3. The summed E-state index contributed by atoms with van der Waals surface area (Å²) in [7, 11) is 0. The number of benzene rings is 1. The van der Waals surface area contributed by atoms with Crippen LogP contribution >= 0.6 is 11.8 Å². The Morgan fingerprint density at radius 2 is 1.80 bits per heavy atom. The van der Waals surface area contributed by atoms with Crippen LogP contribution in [0, 0.1) is 17.6 Å². The number of carbonyl (C=O) groups is 3. The lowest BCUT2D eigenvalue weighted by Gasteiger charge is -2.35. The molecule has 0 aliphatic carbocycles. The zero-order valence-electron chi connectivity index (χ0n) is 17.4. The number of thioether (sulfide) groups is 1. The summed E-state index contributed by atoms with van der Waals surface area (Å²) < 4.78 is 27.0. The van der Waals surface area contributed by atoms with Gasteiger partial charge in [0.1, 0.15) is 17.7 Å². The maximum atomic E-state index is 13.9. The minimum atomic E-state index is -0.889. The van der Waals surface area contributed by atoms with Crippen LogP contribution in [-0.4, -0.2) is 63.8 Å². The molecular formula is C21H27F2N3O3S. The van der Waals surface area contributed by atoms with Crippen LogP contribution < -0.4 is 5.32 Å². The summed E-state index contributed by atoms with van der Waals surface area (Å²) in [5.74, 6) is -1.60. The van der Waals surface area contributed by atoms with Crippen LogP contribution in [-0.2, 0) is 9.59 Å². The third kappa shape index (κ3) is 5.11. The van der Waals surface area contributed by atoms with Gasteiger partial charge in [-0.3, -0.25) is 14.4 Å². The van der Waals surface area contributed by atoms with E-state index in [-0.39, 0.29) is 28.8 Å². The minimum absolute atomic E-state index is 0.0749. The maximum Gasteiger partial charge on any atom is 0.256 e. The van der Waals surface area contributed by atoms with Crippen molar-refractivity contribution in [3.63, 3.8) is 0 Å². The first-order valence-electron chi connectivity index (χ1n) is 10.0. The molecule has 3 rings (SSSR count). The lowest BCUT2D eigenvalue weighted by atomic mass is 9.94. The molecule has 0 bridgehead atoms. The molecule has 1 atom stereocenters. The van der Waals surface area contributed by atoms with Gasteiger partial charge in [0.15, 0.2) is 0 Å². The van der Waals surface area contributed by atoms with Crippen molar-refractivity contribution in [2.24, 2.45) is 5.92 Å². The highest BCUT2D eigenvalue weighted by atomic mass is 32.2. The van der Waals surface area contributed by atoms with Crippen LogP contribution in [0.3, 0.4) is 0 Å². The minimum Gasteiger partial charge on any atom is -0.350 e. The van der Waals surface area contributed by atoms with Gasteiger partial charge >= 0.3 is 0 Å². The first kappa shape index (κ1) is 22.5. The average Bonchev–Trinajstić information content (AvgIpc) is 3.16. The predicted molar refractivity (Wildman–Crippen MR) is 111 cm³/mol. The molecule has 2 saturated heterocycles. The molecule has 6 nitrogen and oxygen atoms in total. The molecule has 1 aromatic carbocycles. The van der Waals surface area contributed by atoms with E-state index >= 15 is 0 Å². The van der Waals surface area contributed by atoms with Crippen LogP contribution in [0.2, 0.25) is 0 Å². The maximum absolute atomic E-state index is 13.9. The summed E-state index contributed by atoms with van der Waals surface area (Å²) in [5.41, 5.74) is -0.545. The largest absolute Gasteiger partial charge is 0.350 e. The number of hydrogen-bond acceptors (Lipinski definition) is 4. The average molecular weight is 440 g/mol. The van der Waals surface area contributed by atoms with Crippen molar-refractivity contribution in [2.75, 3.05) is 24.7 Å². The van der Waals surface area contributed by atoms with E-state index in [1.54, 1.807) is 16.7 Å². The second-order valence-corrected chi connectivity index (χ2v) is 9.75. The highest BCUT2D eigenvalue weighted by molar-refractivity contribution is 7.99. The first-order chi connectivity index (χ1) is 14.1. The van der Waals surface area contributed by atoms with Crippen molar-refractivity contribution >= 4 is 29.5 Å². The molecule has 1 N–H and O–H groups in total. The molecule has 164 valence electrons. The van der Waals surface area contributed by atoms with Gasteiger partial charge in [0.05, 0.1) is 11.4 Å². The van der Waals surface area contributed by atoms with Gasteiger partial charge in [-0.25, -0.2) is 8.78 Å². The Balaban J connectivity index is 1.59. The number of likely N-dealkylation sites (tertiary alicyclic amines) is 1. The first-order valence-corrected chi connectivity index (χ1v) is 11.2. The molecule has 2 aliphatic heterocycles. The molecule has 1 aromatic rings. The van der Waals surface area contributed by atoms with Gasteiger partial charge in [0, 0.05) is 36.4 Å². The van der Waals surface area contributed by atoms with E-state index in [9.17, 15) is 23.2 Å². The molecule has 3 amide bonds. The fourth-order valence-electron chi connectivity index (χ4n) is 3.73. The Hall–Kier alpha value is -2.16. The fourth-order valence-corrected chi connectivity index (χ4v) is 4.89. The van der Waals surface area contributed by atoms with E-state index in [4.69, 9.17) is 0 Å². The summed E-state index contributed by atoms with van der Waals surface area (Å²) in [4.78, 5) is 41.3. The van der Waals surface area contributed by atoms with Crippen molar-refractivity contribution in [1.29, 1.82) is 0 Å². The van der Waals surface area contributed by atoms with Gasteiger partial charge in [-0.15, -0.1) is 11.8 Å². The number of halogens is 2. The predicted octanol–water partition coefficient (Wildman–Crippen LogP) is 2.63. The van der Waals surface area contributed by atoms with Gasteiger partial charge in [0.2, 0.25) is 11.8 Å². The Kier molecular flexibility index (Phi) is 6.69. The molecule has 0 radical (unpaired) electrons. The molecule has 0 saturated carbocycles. The number of amides is 3. The van der Waals surface area contributed by atoms with Crippen molar-refractivity contribution in [3.05, 3.63) is 35.4 Å². The highest BCUT2D eigenvalue weighted by Crippen LogP contribution is 2.28. The van der Waals surface area contributed by atoms with E-state index in [1.807, 2.05) is 20.8 Å². The molecule has 1 unspecified atom stereocenters. The Morgan fingerprint density at radius 3 is 2.40 bits per heavy atom. The van der Waals surface area contributed by atoms with Gasteiger partial charge < -0.3 is 15.1 Å². The van der Waals surface area contributed by atoms with Crippen LogP contribution in [0.25, 0.3) is 0 Å². The number of rotatable bonds is 3. The van der Waals surface area contributed by atoms with Crippen LogP contribution in [0.5, 0.6) is 0 Å². The molecule has 2 heterocycles. The second kappa shape index (κ2) is 8.91. The van der Waals surface area contributed by atoms with Crippen molar-refractivity contribution in [1.82, 2.24) is 15.1 Å². The third-order valence-corrected chi connectivity index (χ3v) is 6.27. The van der Waals surface area contributed by atoms with E-state index < -0.39 is 23.6 Å². The lowest BCUT2D eigenvalue weighted by molar-refractivity contribution is -0.142. The molecule has 0 aromatic heterocycles. The Bertz CT molecular complexity index is 835. The summed E-state index contributed by atoms with van der Waals surface area (Å²) in [6.45, 7) is 6.32. The van der Waals surface area contributed by atoms with Crippen LogP contribution in [0.1, 0.15) is 44.0 Å². The summed E-state index contributed by atoms with van der Waals surface area (Å²) in [5, 5.41) is 2.94. The van der Waals surface area contributed by atoms with Gasteiger partial charge in [-0.2, -0.15) is 0 Å². The number of nitrogens with one attached hydrogen (secondary N) is 1. The highest BCUT2D eigenvalue weighted by Gasteiger charge is 2.39. The monoisotopic (exact) mass is 439 g/mol. The summed E-state index contributed by atoms with van der Waals surface area (Å²) in [6, 6.07) is 2.40. The molecule has 9 heteroatoms. The van der Waals surface area contributed by atoms with Crippen molar-refractivity contribution in [2.45, 2.75) is 45.2 Å². The number of piperidine rings is 1. The summed E-state index contributed by atoms with van der Waals surface area (Å²) >= 11 is 1.55. The van der Waals surface area contributed by atoms with Crippen LogP contribution in [0.15, 0.2) is 18.2 Å². The molecular weight excluding hydrogens is 412 g/mol. The third-order valence-electron chi connectivity index (χ3n) is 5.26. The molecule has 2 aliphatic rings. The molecule has 30 heavy (non-hydrogen) atoms. The zero-order chi connectivity index (χ0) is 22.1. The van der Waals surface area contributed by atoms with Gasteiger partial charge in [-0.1, -0.05) is 0 Å². The molecule has 2 fully saturated rings. The number of nitrogens with zero attached hydrogens (tertiary/aromatic N) is 2. The fraction of sp³-hybridized carbons (Fsp3) is 0.571. The Labute approximate surface area is 179 Å².